The van der Waals surface area contributed by atoms with Crippen LogP contribution in [-0.4, -0.2) is 47.8 Å². The molecular weight excluding hydrogens is 599 g/mol. The third kappa shape index (κ3) is 30.6. The standard InChI is InChI=1S/C37H65N2O6P/c1-3-5-7-9-11-13-14-15-16-17-18-19-20-21-22-23-25-27-29-31-37(41)39-35(34-45-46(42,43)44-33-32-38)36(40)30-28-26-24-12-10-8-6-4-2/h5,7,11,13,15-16,18-19,21-22,28,30,35-36,40H,3-4,6,8-10,12,14,17,20,23-27,29,31-34,38H2,1-2H3,(H,39,41)(H,42,43)/b7-5-,13-11-,16-15-,19-18-,22-21-,30-28+. The van der Waals surface area contributed by atoms with Crippen LogP contribution in [0.25, 0.3) is 0 Å². The van der Waals surface area contributed by atoms with Crippen LogP contribution in [0, 0.1) is 0 Å². The Morgan fingerprint density at radius 2 is 1.26 bits per heavy atom. The molecule has 0 radical (unpaired) electrons. The average molecular weight is 665 g/mol. The highest BCUT2D eigenvalue weighted by molar-refractivity contribution is 7.47. The molecule has 0 rings (SSSR count). The smallest absolute Gasteiger partial charge is 0.387 e. The molecule has 8 nitrogen and oxygen atoms in total. The Hall–Kier alpha value is -2.06. The number of carbonyl (C=O) groups is 1. The highest BCUT2D eigenvalue weighted by atomic mass is 31.2. The molecule has 1 amide bonds. The summed E-state index contributed by atoms with van der Waals surface area (Å²) in [5, 5.41) is 13.5. The number of nitrogens with two attached hydrogens (primary N) is 1. The lowest BCUT2D eigenvalue weighted by Crippen LogP contribution is -2.45. The van der Waals surface area contributed by atoms with Crippen molar-refractivity contribution in [2.45, 2.75) is 135 Å². The van der Waals surface area contributed by atoms with Crippen LogP contribution in [-0.2, 0) is 18.4 Å². The number of nitrogens with one attached hydrogen (secondary N) is 1. The molecule has 0 saturated carbocycles. The first-order valence-electron chi connectivity index (χ1n) is 17.6. The zero-order chi connectivity index (χ0) is 34.0. The van der Waals surface area contributed by atoms with E-state index in [2.05, 4.69) is 79.9 Å². The molecule has 3 atom stereocenters. The molecule has 0 aliphatic rings. The molecule has 0 heterocycles. The molecule has 0 aromatic rings. The van der Waals surface area contributed by atoms with Gasteiger partial charge in [-0.2, -0.15) is 0 Å². The minimum absolute atomic E-state index is 0.0684. The molecule has 0 aliphatic heterocycles. The fourth-order valence-electron chi connectivity index (χ4n) is 4.39. The van der Waals surface area contributed by atoms with Gasteiger partial charge in [-0.15, -0.1) is 0 Å². The molecule has 0 bridgehead atoms. The normalized spacial score (nSPS) is 15.3. The van der Waals surface area contributed by atoms with Gasteiger partial charge >= 0.3 is 7.82 Å². The van der Waals surface area contributed by atoms with Crippen LogP contribution in [0.5, 0.6) is 0 Å². The Bertz CT molecular complexity index is 944. The molecular formula is C37H65N2O6P. The van der Waals surface area contributed by atoms with Gasteiger partial charge in [0.15, 0.2) is 0 Å². The van der Waals surface area contributed by atoms with E-state index in [0.717, 1.165) is 70.6 Å². The summed E-state index contributed by atoms with van der Waals surface area (Å²) >= 11 is 0. The van der Waals surface area contributed by atoms with Crippen molar-refractivity contribution in [3.8, 4) is 0 Å². The molecule has 264 valence electrons. The monoisotopic (exact) mass is 664 g/mol. The topological polar surface area (TPSA) is 131 Å². The predicted octanol–water partition coefficient (Wildman–Crippen LogP) is 8.93. The van der Waals surface area contributed by atoms with Crippen molar-refractivity contribution in [3.05, 3.63) is 72.9 Å². The molecule has 0 fully saturated rings. The number of carbonyl (C=O) groups excluding carboxylic acids is 1. The lowest BCUT2D eigenvalue weighted by Gasteiger charge is -2.23. The Labute approximate surface area is 280 Å². The number of hydrogen-bond donors (Lipinski definition) is 4. The number of phosphoric ester groups is 1. The van der Waals surface area contributed by atoms with Gasteiger partial charge in [-0.1, -0.05) is 125 Å². The third-order valence-corrected chi connectivity index (χ3v) is 8.02. The predicted molar refractivity (Wildman–Crippen MR) is 193 cm³/mol. The van der Waals surface area contributed by atoms with Gasteiger partial charge in [0.1, 0.15) is 0 Å². The summed E-state index contributed by atoms with van der Waals surface area (Å²) < 4.78 is 21.9. The second-order valence-corrected chi connectivity index (χ2v) is 12.8. The molecule has 0 aliphatic carbocycles. The summed E-state index contributed by atoms with van der Waals surface area (Å²) in [5.41, 5.74) is 5.33. The van der Waals surface area contributed by atoms with Crippen molar-refractivity contribution in [1.29, 1.82) is 0 Å². The second kappa shape index (κ2) is 32.9. The third-order valence-electron chi connectivity index (χ3n) is 7.04. The fourth-order valence-corrected chi connectivity index (χ4v) is 5.15. The maximum Gasteiger partial charge on any atom is 0.472 e. The summed E-state index contributed by atoms with van der Waals surface area (Å²) in [5.74, 6) is -0.234. The van der Waals surface area contributed by atoms with Crippen molar-refractivity contribution in [1.82, 2.24) is 5.32 Å². The number of rotatable bonds is 31. The van der Waals surface area contributed by atoms with E-state index in [1.807, 2.05) is 6.08 Å². The molecule has 46 heavy (non-hydrogen) atoms. The molecule has 5 N–H and O–H groups in total. The zero-order valence-electron chi connectivity index (χ0n) is 28.8. The van der Waals surface area contributed by atoms with Crippen molar-refractivity contribution in [3.63, 3.8) is 0 Å². The maximum atomic E-state index is 12.6. The van der Waals surface area contributed by atoms with Crippen LogP contribution in [0.3, 0.4) is 0 Å². The highest BCUT2D eigenvalue weighted by Gasteiger charge is 2.26. The van der Waals surface area contributed by atoms with Gasteiger partial charge in [-0.05, 0) is 64.2 Å². The van der Waals surface area contributed by atoms with Crippen LogP contribution in [0.2, 0.25) is 0 Å². The highest BCUT2D eigenvalue weighted by Crippen LogP contribution is 2.43. The molecule has 3 unspecified atom stereocenters. The van der Waals surface area contributed by atoms with Gasteiger partial charge in [0, 0.05) is 13.0 Å². The van der Waals surface area contributed by atoms with Crippen LogP contribution in [0.1, 0.15) is 123 Å². The van der Waals surface area contributed by atoms with Gasteiger partial charge in [0.05, 0.1) is 25.4 Å². The number of unbranched alkanes of at least 4 members (excludes halogenated alkanes) is 9. The van der Waals surface area contributed by atoms with E-state index in [9.17, 15) is 19.4 Å². The number of amides is 1. The summed E-state index contributed by atoms with van der Waals surface area (Å²) in [6.07, 6.45) is 41.0. The zero-order valence-corrected chi connectivity index (χ0v) is 29.7. The Balaban J connectivity index is 4.36. The van der Waals surface area contributed by atoms with Crippen LogP contribution in [0.4, 0.5) is 0 Å². The van der Waals surface area contributed by atoms with Gasteiger partial charge < -0.3 is 21.1 Å². The molecule has 0 spiro atoms. The Morgan fingerprint density at radius 1 is 0.739 bits per heavy atom. The van der Waals surface area contributed by atoms with E-state index >= 15 is 0 Å². The largest absolute Gasteiger partial charge is 0.472 e. The number of hydrogen-bond acceptors (Lipinski definition) is 6. The summed E-state index contributed by atoms with van der Waals surface area (Å²) in [6, 6.07) is -0.878. The quantitative estimate of drug-likeness (QED) is 0.0331. The van der Waals surface area contributed by atoms with E-state index in [1.165, 1.54) is 25.7 Å². The van der Waals surface area contributed by atoms with E-state index < -0.39 is 20.0 Å². The van der Waals surface area contributed by atoms with Gasteiger partial charge in [-0.25, -0.2) is 4.57 Å². The minimum Gasteiger partial charge on any atom is -0.387 e. The summed E-state index contributed by atoms with van der Waals surface area (Å²) in [7, 11) is -4.34. The molecule has 0 saturated heterocycles. The van der Waals surface area contributed by atoms with E-state index in [1.54, 1.807) is 6.08 Å². The van der Waals surface area contributed by atoms with Gasteiger partial charge in [0.25, 0.3) is 0 Å². The van der Waals surface area contributed by atoms with Crippen LogP contribution >= 0.6 is 7.82 Å². The lowest BCUT2D eigenvalue weighted by molar-refractivity contribution is -0.123. The van der Waals surface area contributed by atoms with E-state index in [4.69, 9.17) is 14.8 Å². The molecule has 0 aromatic carbocycles. The summed E-state index contributed by atoms with van der Waals surface area (Å²) in [4.78, 5) is 22.5. The van der Waals surface area contributed by atoms with Crippen LogP contribution in [0.15, 0.2) is 72.9 Å². The summed E-state index contributed by atoms with van der Waals surface area (Å²) in [6.45, 7) is 3.91. The first-order chi connectivity index (χ1) is 22.4. The molecule has 9 heteroatoms. The van der Waals surface area contributed by atoms with E-state index in [-0.39, 0.29) is 25.7 Å². The van der Waals surface area contributed by atoms with Crippen molar-refractivity contribution in [2.75, 3.05) is 19.8 Å². The number of aliphatic hydroxyl groups is 1. The second-order valence-electron chi connectivity index (χ2n) is 11.3. The number of aliphatic hydroxyl groups excluding tert-OH is 1. The Kier molecular flexibility index (Phi) is 31.4. The minimum atomic E-state index is -4.34. The SMILES string of the molecule is CC/C=C\C/C=C\C/C=C\C/C=C\C/C=C\CCCCCC(=O)NC(COP(=O)(O)OCCN)C(O)/C=C/CCCCCCCC. The fraction of sp³-hybridized carbons (Fsp3) is 0.649. The lowest BCUT2D eigenvalue weighted by atomic mass is 10.1. The average Bonchev–Trinajstić information content (AvgIpc) is 3.04. The van der Waals surface area contributed by atoms with Crippen molar-refractivity contribution in [2.24, 2.45) is 5.73 Å². The number of phosphoric acid groups is 1. The van der Waals surface area contributed by atoms with Gasteiger partial charge in [-0.3, -0.25) is 13.8 Å². The Morgan fingerprint density at radius 3 is 1.85 bits per heavy atom. The molecule has 0 aromatic heterocycles. The van der Waals surface area contributed by atoms with Crippen molar-refractivity contribution >= 4 is 13.7 Å². The maximum absolute atomic E-state index is 12.6. The first kappa shape index (κ1) is 43.9. The van der Waals surface area contributed by atoms with Crippen molar-refractivity contribution < 1.29 is 28.4 Å². The van der Waals surface area contributed by atoms with Gasteiger partial charge in [0.2, 0.25) is 5.91 Å². The first-order valence-corrected chi connectivity index (χ1v) is 19.1. The number of allylic oxidation sites excluding steroid dienone is 11. The van der Waals surface area contributed by atoms with E-state index in [0.29, 0.717) is 12.8 Å². The van der Waals surface area contributed by atoms with Crippen LogP contribution < -0.4 is 11.1 Å².